The summed E-state index contributed by atoms with van der Waals surface area (Å²) in [4.78, 5) is 16.8. The van der Waals surface area contributed by atoms with Gasteiger partial charge in [-0.05, 0) is 43.9 Å². The van der Waals surface area contributed by atoms with E-state index in [-0.39, 0.29) is 17.5 Å². The Labute approximate surface area is 156 Å². The highest BCUT2D eigenvalue weighted by Gasteiger charge is 2.21. The van der Waals surface area contributed by atoms with Crippen LogP contribution in [0, 0.1) is 25.2 Å². The highest BCUT2D eigenvalue weighted by Crippen LogP contribution is 2.24. The van der Waals surface area contributed by atoms with Crippen LogP contribution in [0.3, 0.4) is 0 Å². The van der Waals surface area contributed by atoms with E-state index in [1.54, 1.807) is 6.20 Å². The molecule has 1 amide bonds. The van der Waals surface area contributed by atoms with Gasteiger partial charge in [-0.1, -0.05) is 25.0 Å². The Kier molecular flexibility index (Phi) is 5.82. The number of piperazine rings is 1. The van der Waals surface area contributed by atoms with Gasteiger partial charge in [-0.25, -0.2) is 0 Å². The van der Waals surface area contributed by atoms with Crippen LogP contribution in [0.5, 0.6) is 0 Å². The number of aryl methyl sites for hydroxylation is 1. The Bertz CT molecular complexity index is 720. The maximum absolute atomic E-state index is 12.3. The number of nitriles is 1. The van der Waals surface area contributed by atoms with E-state index in [1.807, 2.05) is 0 Å². The number of nitrogens with zero attached hydrogens (tertiary/aromatic N) is 3. The molecule has 2 aliphatic rings. The molecule has 0 aromatic heterocycles. The van der Waals surface area contributed by atoms with Crippen molar-refractivity contribution in [3.63, 3.8) is 0 Å². The van der Waals surface area contributed by atoms with Crippen molar-refractivity contribution in [2.75, 3.05) is 31.1 Å². The molecule has 0 unspecified atom stereocenters. The minimum Gasteiger partial charge on any atom is -0.373 e. The molecule has 1 aromatic carbocycles. The Morgan fingerprint density at radius 1 is 1.19 bits per heavy atom. The molecule has 5 nitrogen and oxygen atoms in total. The molecule has 138 valence electrons. The van der Waals surface area contributed by atoms with Gasteiger partial charge in [0.1, 0.15) is 11.6 Å². The molecule has 1 aliphatic carbocycles. The van der Waals surface area contributed by atoms with E-state index in [9.17, 15) is 10.1 Å². The van der Waals surface area contributed by atoms with Gasteiger partial charge in [0, 0.05) is 44.1 Å². The molecular formula is C21H28N4O. The minimum atomic E-state index is -0.226. The summed E-state index contributed by atoms with van der Waals surface area (Å²) >= 11 is 0. The fraction of sp³-hybridized carbons (Fsp3) is 0.524. The van der Waals surface area contributed by atoms with Crippen LogP contribution in [0.2, 0.25) is 0 Å². The summed E-state index contributed by atoms with van der Waals surface area (Å²) in [5.74, 6) is -0.226. The Morgan fingerprint density at radius 2 is 1.88 bits per heavy atom. The van der Waals surface area contributed by atoms with Crippen LogP contribution in [0.15, 0.2) is 30.0 Å². The first kappa shape index (κ1) is 18.3. The molecule has 0 spiro atoms. The molecule has 1 N–H and O–H groups in total. The first-order valence-corrected chi connectivity index (χ1v) is 9.56. The number of rotatable bonds is 4. The second-order valence-electron chi connectivity index (χ2n) is 7.35. The van der Waals surface area contributed by atoms with Crippen LogP contribution in [0.25, 0.3) is 0 Å². The third kappa shape index (κ3) is 4.19. The molecule has 3 rings (SSSR count). The second kappa shape index (κ2) is 8.27. The number of hydrogen-bond acceptors (Lipinski definition) is 4. The maximum atomic E-state index is 12.3. The fourth-order valence-corrected chi connectivity index (χ4v) is 3.82. The third-order valence-corrected chi connectivity index (χ3v) is 5.60. The number of amides is 1. The third-order valence-electron chi connectivity index (χ3n) is 5.60. The molecule has 1 aromatic rings. The van der Waals surface area contributed by atoms with Crippen molar-refractivity contribution < 1.29 is 4.79 Å². The summed E-state index contributed by atoms with van der Waals surface area (Å²) in [6, 6.07) is 8.72. The van der Waals surface area contributed by atoms with Crippen LogP contribution < -0.4 is 10.2 Å². The highest BCUT2D eigenvalue weighted by atomic mass is 16.1. The molecule has 0 radical (unpaired) electrons. The van der Waals surface area contributed by atoms with Crippen molar-refractivity contribution in [3.8, 4) is 6.07 Å². The molecule has 1 saturated carbocycles. The van der Waals surface area contributed by atoms with Gasteiger partial charge in [0.25, 0.3) is 5.91 Å². The molecule has 0 bridgehead atoms. The largest absolute Gasteiger partial charge is 0.373 e. The lowest BCUT2D eigenvalue weighted by Crippen LogP contribution is -2.45. The number of benzene rings is 1. The van der Waals surface area contributed by atoms with Crippen LogP contribution >= 0.6 is 0 Å². The fourth-order valence-electron chi connectivity index (χ4n) is 3.82. The van der Waals surface area contributed by atoms with Gasteiger partial charge in [-0.3, -0.25) is 4.79 Å². The molecule has 0 atom stereocenters. The first-order chi connectivity index (χ1) is 12.6. The van der Waals surface area contributed by atoms with Gasteiger partial charge in [0.05, 0.1) is 0 Å². The SMILES string of the molecule is Cc1cccc(N2CCN(/C=C(/C#N)C(=O)NC3CCCC3)CC2)c1C. The van der Waals surface area contributed by atoms with E-state index in [0.717, 1.165) is 51.9 Å². The summed E-state index contributed by atoms with van der Waals surface area (Å²) in [5, 5.41) is 12.4. The lowest BCUT2D eigenvalue weighted by Gasteiger charge is -2.36. The van der Waals surface area contributed by atoms with E-state index in [0.29, 0.717) is 0 Å². The zero-order valence-corrected chi connectivity index (χ0v) is 15.8. The molecular weight excluding hydrogens is 324 g/mol. The van der Waals surface area contributed by atoms with Crippen molar-refractivity contribution >= 4 is 11.6 Å². The van der Waals surface area contributed by atoms with Crippen LogP contribution in [0.1, 0.15) is 36.8 Å². The molecule has 2 fully saturated rings. The summed E-state index contributed by atoms with van der Waals surface area (Å²) in [5.41, 5.74) is 4.13. The lowest BCUT2D eigenvalue weighted by atomic mass is 10.1. The van der Waals surface area contributed by atoms with Crippen LogP contribution in [0.4, 0.5) is 5.69 Å². The van der Waals surface area contributed by atoms with Crippen molar-refractivity contribution in [2.24, 2.45) is 0 Å². The van der Waals surface area contributed by atoms with Crippen LogP contribution in [-0.4, -0.2) is 43.0 Å². The van der Waals surface area contributed by atoms with Gasteiger partial charge in [0.15, 0.2) is 0 Å². The normalized spacial score (nSPS) is 18.7. The Hall–Kier alpha value is -2.48. The first-order valence-electron chi connectivity index (χ1n) is 9.56. The molecule has 1 saturated heterocycles. The smallest absolute Gasteiger partial charge is 0.263 e. The number of hydrogen-bond donors (Lipinski definition) is 1. The summed E-state index contributed by atoms with van der Waals surface area (Å²) < 4.78 is 0. The predicted molar refractivity (Wildman–Crippen MR) is 104 cm³/mol. The maximum Gasteiger partial charge on any atom is 0.263 e. The van der Waals surface area contributed by atoms with E-state index in [2.05, 4.69) is 53.2 Å². The van der Waals surface area contributed by atoms with E-state index in [4.69, 9.17) is 0 Å². The van der Waals surface area contributed by atoms with Crippen molar-refractivity contribution in [2.45, 2.75) is 45.6 Å². The molecule has 5 heteroatoms. The Balaban J connectivity index is 1.59. The van der Waals surface area contributed by atoms with Gasteiger partial charge < -0.3 is 15.1 Å². The van der Waals surface area contributed by atoms with Gasteiger partial charge in [-0.2, -0.15) is 5.26 Å². The van der Waals surface area contributed by atoms with Crippen molar-refractivity contribution in [1.82, 2.24) is 10.2 Å². The molecule has 1 aliphatic heterocycles. The van der Waals surface area contributed by atoms with E-state index >= 15 is 0 Å². The van der Waals surface area contributed by atoms with Gasteiger partial charge in [0.2, 0.25) is 0 Å². The zero-order chi connectivity index (χ0) is 18.5. The van der Waals surface area contributed by atoms with Gasteiger partial charge in [-0.15, -0.1) is 0 Å². The minimum absolute atomic E-state index is 0.220. The molecule has 26 heavy (non-hydrogen) atoms. The monoisotopic (exact) mass is 352 g/mol. The number of carbonyl (C=O) groups excluding carboxylic acids is 1. The van der Waals surface area contributed by atoms with Crippen LogP contribution in [-0.2, 0) is 4.79 Å². The van der Waals surface area contributed by atoms with Crippen molar-refractivity contribution in [3.05, 3.63) is 41.1 Å². The van der Waals surface area contributed by atoms with E-state index < -0.39 is 0 Å². The topological polar surface area (TPSA) is 59.4 Å². The summed E-state index contributed by atoms with van der Waals surface area (Å²) in [6.07, 6.45) is 6.12. The highest BCUT2D eigenvalue weighted by molar-refractivity contribution is 5.97. The number of nitrogens with one attached hydrogen (secondary N) is 1. The quantitative estimate of drug-likeness (QED) is 0.669. The van der Waals surface area contributed by atoms with Crippen molar-refractivity contribution in [1.29, 1.82) is 5.26 Å². The summed E-state index contributed by atoms with van der Waals surface area (Å²) in [7, 11) is 0. The number of anilines is 1. The lowest BCUT2D eigenvalue weighted by molar-refractivity contribution is -0.117. The average molecular weight is 352 g/mol. The standard InChI is InChI=1S/C21H28N4O/c1-16-6-5-9-20(17(16)2)25-12-10-24(11-13-25)15-18(14-22)21(26)23-19-7-3-4-8-19/h5-6,9,15,19H,3-4,7-8,10-13H2,1-2H3,(H,23,26)/b18-15-. The summed E-state index contributed by atoms with van der Waals surface area (Å²) in [6.45, 7) is 7.72. The van der Waals surface area contributed by atoms with E-state index in [1.165, 1.54) is 16.8 Å². The van der Waals surface area contributed by atoms with Gasteiger partial charge >= 0.3 is 0 Å². The predicted octanol–water partition coefficient (Wildman–Crippen LogP) is 2.89. The Morgan fingerprint density at radius 3 is 2.54 bits per heavy atom. The zero-order valence-electron chi connectivity index (χ0n) is 15.8. The number of carbonyl (C=O) groups is 1. The average Bonchev–Trinajstić information content (AvgIpc) is 3.15. The second-order valence-corrected chi connectivity index (χ2v) is 7.35. The molecule has 1 heterocycles.